The van der Waals surface area contributed by atoms with Crippen LogP contribution in [0.2, 0.25) is 0 Å². The van der Waals surface area contributed by atoms with E-state index < -0.39 is 0 Å². The average molecular weight is 496 g/mol. The third-order valence-electron chi connectivity index (χ3n) is 4.38. The third-order valence-corrected chi connectivity index (χ3v) is 5.71. The Morgan fingerprint density at radius 3 is 2.55 bits per heavy atom. The highest BCUT2D eigenvalue weighted by Gasteiger charge is 2.13. The van der Waals surface area contributed by atoms with Crippen molar-refractivity contribution in [3.8, 4) is 0 Å². The first-order valence-corrected chi connectivity index (χ1v) is 11.1. The Kier molecular flexibility index (Phi) is 6.54. The van der Waals surface area contributed by atoms with Gasteiger partial charge in [0.15, 0.2) is 5.13 Å². The quantitative estimate of drug-likeness (QED) is 0.392. The number of halogens is 1. The summed E-state index contributed by atoms with van der Waals surface area (Å²) in [6, 6.07) is 18.6. The summed E-state index contributed by atoms with van der Waals surface area (Å²) in [6.45, 7) is 0.544. The molecule has 2 aromatic heterocycles. The molecule has 0 saturated heterocycles. The van der Waals surface area contributed by atoms with Gasteiger partial charge in [0.1, 0.15) is 5.82 Å². The summed E-state index contributed by atoms with van der Waals surface area (Å²) in [5.41, 5.74) is 2.21. The van der Waals surface area contributed by atoms with Crippen LogP contribution in [0.15, 0.2) is 76.7 Å². The van der Waals surface area contributed by atoms with Gasteiger partial charge in [0, 0.05) is 21.5 Å². The molecule has 0 aliphatic heterocycles. The summed E-state index contributed by atoms with van der Waals surface area (Å²) in [7, 11) is 0. The molecule has 0 aliphatic rings. The molecule has 0 spiro atoms. The summed E-state index contributed by atoms with van der Waals surface area (Å²) in [5.74, 6) is 0.173. The van der Waals surface area contributed by atoms with Gasteiger partial charge >= 0.3 is 0 Å². The van der Waals surface area contributed by atoms with Crippen molar-refractivity contribution in [2.45, 2.75) is 13.0 Å². The van der Waals surface area contributed by atoms with E-state index in [1.54, 1.807) is 46.6 Å². The van der Waals surface area contributed by atoms with Crippen molar-refractivity contribution >= 4 is 50.0 Å². The molecule has 2 aromatic carbocycles. The summed E-state index contributed by atoms with van der Waals surface area (Å²) in [6.07, 6.45) is 1.75. The highest BCUT2D eigenvalue weighted by atomic mass is 79.9. The summed E-state index contributed by atoms with van der Waals surface area (Å²) in [4.78, 5) is 29.1. The molecule has 2 heterocycles. The van der Waals surface area contributed by atoms with Crippen molar-refractivity contribution in [2.24, 2.45) is 0 Å². The first-order chi connectivity index (χ1) is 15.1. The molecule has 4 rings (SSSR count). The van der Waals surface area contributed by atoms with Crippen LogP contribution in [0.1, 0.15) is 21.6 Å². The van der Waals surface area contributed by atoms with Crippen LogP contribution in [0.5, 0.6) is 0 Å². The van der Waals surface area contributed by atoms with Crippen LogP contribution < -0.4 is 10.6 Å². The predicted octanol–water partition coefficient (Wildman–Crippen LogP) is 4.58. The van der Waals surface area contributed by atoms with Crippen molar-refractivity contribution in [3.63, 3.8) is 0 Å². The number of carbonyl (C=O) groups is 2. The van der Waals surface area contributed by atoms with Crippen LogP contribution in [0.3, 0.4) is 0 Å². The van der Waals surface area contributed by atoms with Crippen LogP contribution in [0, 0.1) is 0 Å². The zero-order valence-corrected chi connectivity index (χ0v) is 18.7. The minimum absolute atomic E-state index is 0.0984. The number of carbonyl (C=O) groups excluding carboxylic acids is 2. The first-order valence-electron chi connectivity index (χ1n) is 9.44. The van der Waals surface area contributed by atoms with Crippen LogP contribution >= 0.6 is 27.3 Å². The van der Waals surface area contributed by atoms with Crippen molar-refractivity contribution in [1.82, 2.24) is 14.8 Å². The SMILES string of the molecule is O=C(Cc1csc(NC(=O)c2ccccc2)n1)Nc1ccnn1Cc1ccc(Br)cc1. The highest BCUT2D eigenvalue weighted by Crippen LogP contribution is 2.18. The normalized spacial score (nSPS) is 10.6. The molecule has 0 radical (unpaired) electrons. The number of hydrogen-bond acceptors (Lipinski definition) is 5. The fraction of sp³-hybridized carbons (Fsp3) is 0.0909. The van der Waals surface area contributed by atoms with Crippen molar-refractivity contribution in [3.05, 3.63) is 93.5 Å². The predicted molar refractivity (Wildman–Crippen MR) is 124 cm³/mol. The zero-order chi connectivity index (χ0) is 21.6. The average Bonchev–Trinajstić information content (AvgIpc) is 3.39. The van der Waals surface area contributed by atoms with E-state index in [1.807, 2.05) is 30.3 Å². The molecular weight excluding hydrogens is 478 g/mol. The van der Waals surface area contributed by atoms with E-state index in [9.17, 15) is 9.59 Å². The molecule has 9 heteroatoms. The van der Waals surface area contributed by atoms with E-state index in [2.05, 4.69) is 36.6 Å². The standard InChI is InChI=1S/C22H18BrN5O2S/c23-17-8-6-15(7-9-17)13-28-19(10-11-24-28)26-20(29)12-18-14-31-22(25-18)27-21(30)16-4-2-1-3-5-16/h1-11,14H,12-13H2,(H,26,29)(H,25,27,30). The van der Waals surface area contributed by atoms with E-state index in [1.165, 1.54) is 11.3 Å². The van der Waals surface area contributed by atoms with Crippen LogP contribution in [0.25, 0.3) is 0 Å². The molecule has 156 valence electrons. The van der Waals surface area contributed by atoms with Gasteiger partial charge in [0.25, 0.3) is 5.91 Å². The van der Waals surface area contributed by atoms with E-state index in [4.69, 9.17) is 0 Å². The van der Waals surface area contributed by atoms with E-state index in [-0.39, 0.29) is 18.2 Å². The smallest absolute Gasteiger partial charge is 0.257 e. The number of anilines is 2. The lowest BCUT2D eigenvalue weighted by Gasteiger charge is -2.09. The molecule has 0 fully saturated rings. The largest absolute Gasteiger partial charge is 0.311 e. The van der Waals surface area contributed by atoms with Gasteiger partial charge in [0.05, 0.1) is 24.9 Å². The fourth-order valence-corrected chi connectivity index (χ4v) is 3.85. The van der Waals surface area contributed by atoms with Crippen LogP contribution in [-0.4, -0.2) is 26.6 Å². The molecule has 0 unspecified atom stereocenters. The molecule has 0 saturated carbocycles. The summed E-state index contributed by atoms with van der Waals surface area (Å²) >= 11 is 4.71. The molecule has 7 nitrogen and oxygen atoms in total. The van der Waals surface area contributed by atoms with Gasteiger partial charge in [-0.1, -0.05) is 46.3 Å². The van der Waals surface area contributed by atoms with Crippen LogP contribution in [-0.2, 0) is 17.8 Å². The Balaban J connectivity index is 1.34. The number of rotatable bonds is 7. The Hall–Kier alpha value is -3.30. The second kappa shape index (κ2) is 9.67. The topological polar surface area (TPSA) is 88.9 Å². The Labute approximate surface area is 191 Å². The minimum atomic E-state index is -0.234. The van der Waals surface area contributed by atoms with Gasteiger partial charge in [-0.05, 0) is 29.8 Å². The van der Waals surface area contributed by atoms with Crippen molar-refractivity contribution in [1.29, 1.82) is 0 Å². The molecule has 0 atom stereocenters. The monoisotopic (exact) mass is 495 g/mol. The van der Waals surface area contributed by atoms with Gasteiger partial charge in [-0.2, -0.15) is 5.10 Å². The maximum absolute atomic E-state index is 12.5. The molecule has 0 bridgehead atoms. The third kappa shape index (κ3) is 5.65. The number of nitrogens with zero attached hydrogens (tertiary/aromatic N) is 3. The van der Waals surface area contributed by atoms with E-state index in [0.717, 1.165) is 10.0 Å². The number of nitrogens with one attached hydrogen (secondary N) is 2. The number of amides is 2. The van der Waals surface area contributed by atoms with Gasteiger partial charge in [-0.25, -0.2) is 9.67 Å². The number of thiazole rings is 1. The molecule has 2 amide bonds. The molecule has 2 N–H and O–H groups in total. The Bertz CT molecular complexity index is 1190. The number of benzene rings is 2. The molecular formula is C22H18BrN5O2S. The van der Waals surface area contributed by atoms with E-state index >= 15 is 0 Å². The van der Waals surface area contributed by atoms with Gasteiger partial charge in [-0.3, -0.25) is 14.9 Å². The summed E-state index contributed by atoms with van der Waals surface area (Å²) < 4.78 is 2.74. The fourth-order valence-electron chi connectivity index (χ4n) is 2.88. The minimum Gasteiger partial charge on any atom is -0.311 e. The Morgan fingerprint density at radius 1 is 1.00 bits per heavy atom. The number of aromatic nitrogens is 3. The first kappa shape index (κ1) is 21.0. The molecule has 4 aromatic rings. The second-order valence-electron chi connectivity index (χ2n) is 6.69. The highest BCUT2D eigenvalue weighted by molar-refractivity contribution is 9.10. The second-order valence-corrected chi connectivity index (χ2v) is 8.46. The van der Waals surface area contributed by atoms with Crippen molar-refractivity contribution < 1.29 is 9.59 Å². The molecule has 31 heavy (non-hydrogen) atoms. The zero-order valence-electron chi connectivity index (χ0n) is 16.3. The summed E-state index contributed by atoms with van der Waals surface area (Å²) in [5, 5.41) is 12.1. The maximum atomic E-state index is 12.5. The lowest BCUT2D eigenvalue weighted by Crippen LogP contribution is -2.18. The maximum Gasteiger partial charge on any atom is 0.257 e. The van der Waals surface area contributed by atoms with Gasteiger partial charge < -0.3 is 5.32 Å². The van der Waals surface area contributed by atoms with E-state index in [0.29, 0.717) is 28.8 Å². The van der Waals surface area contributed by atoms with Crippen LogP contribution in [0.4, 0.5) is 10.9 Å². The van der Waals surface area contributed by atoms with Gasteiger partial charge in [0.2, 0.25) is 5.91 Å². The van der Waals surface area contributed by atoms with Gasteiger partial charge in [-0.15, -0.1) is 11.3 Å². The van der Waals surface area contributed by atoms with Crippen molar-refractivity contribution in [2.75, 3.05) is 10.6 Å². The lowest BCUT2D eigenvalue weighted by molar-refractivity contribution is -0.115. The lowest BCUT2D eigenvalue weighted by atomic mass is 10.2. The molecule has 0 aliphatic carbocycles. The number of hydrogen-bond donors (Lipinski definition) is 2. The Morgan fingerprint density at radius 2 is 1.77 bits per heavy atom.